The van der Waals surface area contributed by atoms with Crippen molar-refractivity contribution in [3.8, 4) is 11.5 Å². The fourth-order valence-corrected chi connectivity index (χ4v) is 3.34. The quantitative estimate of drug-likeness (QED) is 0.570. The molecule has 0 aliphatic rings. The molecule has 4 nitrogen and oxygen atoms in total. The van der Waals surface area contributed by atoms with Crippen LogP contribution in [0.4, 0.5) is 5.69 Å². The number of rotatable bonds is 7. The molecule has 1 N–H and O–H groups in total. The molecule has 1 aromatic heterocycles. The van der Waals surface area contributed by atoms with E-state index in [4.69, 9.17) is 9.47 Å². The van der Waals surface area contributed by atoms with E-state index in [1.165, 1.54) is 16.9 Å². The van der Waals surface area contributed by atoms with Crippen molar-refractivity contribution in [3.63, 3.8) is 0 Å². The second-order valence-electron chi connectivity index (χ2n) is 6.51. The Morgan fingerprint density at radius 3 is 2.33 bits per heavy atom. The largest absolute Gasteiger partial charge is 0.497 e. The highest BCUT2D eigenvalue weighted by Gasteiger charge is 2.10. The molecule has 2 aromatic carbocycles. The van der Waals surface area contributed by atoms with E-state index >= 15 is 0 Å². The number of carbonyl (C=O) groups excluding carboxylic acids is 1. The minimum absolute atomic E-state index is 0.127. The summed E-state index contributed by atoms with van der Waals surface area (Å²) < 4.78 is 10.9. The summed E-state index contributed by atoms with van der Waals surface area (Å²) in [6.45, 7) is 4.77. The molecule has 140 valence electrons. The number of carbonyl (C=O) groups is 1. The molecule has 3 rings (SSSR count). The lowest BCUT2D eigenvalue weighted by molar-refractivity contribution is 0.103. The Bertz CT molecular complexity index is 883. The lowest BCUT2D eigenvalue weighted by atomic mass is 10.0. The number of thiophene rings is 1. The molecule has 0 aliphatic heterocycles. The third-order valence-corrected chi connectivity index (χ3v) is 5.16. The van der Waals surface area contributed by atoms with Crippen LogP contribution in [0.15, 0.2) is 60.0 Å². The van der Waals surface area contributed by atoms with Crippen LogP contribution in [0.2, 0.25) is 0 Å². The van der Waals surface area contributed by atoms with Gasteiger partial charge in [0.25, 0.3) is 5.91 Å². The summed E-state index contributed by atoms with van der Waals surface area (Å²) >= 11 is 1.41. The topological polar surface area (TPSA) is 47.6 Å². The summed E-state index contributed by atoms with van der Waals surface area (Å²) in [6.07, 6.45) is 0. The molecule has 0 radical (unpaired) electrons. The number of amides is 1. The highest BCUT2D eigenvalue weighted by atomic mass is 32.1. The number of methoxy groups -OCH3 is 1. The first-order valence-corrected chi connectivity index (χ1v) is 9.68. The van der Waals surface area contributed by atoms with Gasteiger partial charge in [-0.15, -0.1) is 11.3 Å². The van der Waals surface area contributed by atoms with Crippen LogP contribution < -0.4 is 14.8 Å². The molecule has 0 bridgehead atoms. The van der Waals surface area contributed by atoms with E-state index in [0.29, 0.717) is 17.4 Å². The smallest absolute Gasteiger partial charge is 0.265 e. The van der Waals surface area contributed by atoms with Crippen LogP contribution in [-0.2, 0) is 6.61 Å². The first-order chi connectivity index (χ1) is 13.0. The molecule has 0 aliphatic carbocycles. The van der Waals surface area contributed by atoms with Gasteiger partial charge in [-0.3, -0.25) is 4.79 Å². The van der Waals surface area contributed by atoms with Crippen LogP contribution >= 0.6 is 11.3 Å². The van der Waals surface area contributed by atoms with Crippen molar-refractivity contribution in [2.45, 2.75) is 26.4 Å². The molecular weight excluding hydrogens is 358 g/mol. The second-order valence-corrected chi connectivity index (χ2v) is 7.43. The van der Waals surface area contributed by atoms with Crippen molar-refractivity contribution in [2.75, 3.05) is 12.4 Å². The van der Waals surface area contributed by atoms with E-state index < -0.39 is 0 Å². The van der Waals surface area contributed by atoms with Gasteiger partial charge in [0.05, 0.1) is 12.0 Å². The van der Waals surface area contributed by atoms with Crippen LogP contribution in [0, 0.1) is 0 Å². The Hall–Kier alpha value is -2.79. The van der Waals surface area contributed by atoms with Gasteiger partial charge < -0.3 is 14.8 Å². The zero-order valence-electron chi connectivity index (χ0n) is 15.7. The van der Waals surface area contributed by atoms with Crippen LogP contribution in [0.3, 0.4) is 0 Å². The lowest BCUT2D eigenvalue weighted by Gasteiger charge is -2.08. The van der Waals surface area contributed by atoms with E-state index in [0.717, 1.165) is 22.7 Å². The number of ether oxygens (including phenoxy) is 2. The molecule has 0 saturated carbocycles. The average Bonchev–Trinajstić information content (AvgIpc) is 3.16. The van der Waals surface area contributed by atoms with Crippen LogP contribution in [0.25, 0.3) is 0 Å². The zero-order chi connectivity index (χ0) is 19.2. The highest BCUT2D eigenvalue weighted by molar-refractivity contribution is 7.12. The van der Waals surface area contributed by atoms with E-state index in [1.54, 1.807) is 7.11 Å². The maximum absolute atomic E-state index is 12.4. The van der Waals surface area contributed by atoms with Crippen LogP contribution in [0.1, 0.15) is 40.6 Å². The Morgan fingerprint density at radius 2 is 1.70 bits per heavy atom. The number of hydrogen-bond acceptors (Lipinski definition) is 4. The monoisotopic (exact) mass is 381 g/mol. The molecule has 0 fully saturated rings. The maximum atomic E-state index is 12.4. The molecule has 0 atom stereocenters. The van der Waals surface area contributed by atoms with Crippen molar-refractivity contribution in [1.82, 2.24) is 0 Å². The van der Waals surface area contributed by atoms with Crippen LogP contribution in [0.5, 0.6) is 11.5 Å². The molecule has 0 saturated heterocycles. The van der Waals surface area contributed by atoms with Crippen LogP contribution in [-0.4, -0.2) is 13.0 Å². The van der Waals surface area contributed by atoms with E-state index in [-0.39, 0.29) is 5.91 Å². The van der Waals surface area contributed by atoms with Gasteiger partial charge in [0.2, 0.25) is 0 Å². The van der Waals surface area contributed by atoms with E-state index in [9.17, 15) is 4.79 Å². The lowest BCUT2D eigenvalue weighted by Crippen LogP contribution is -2.10. The Labute approximate surface area is 163 Å². The summed E-state index contributed by atoms with van der Waals surface area (Å²) in [5.74, 6) is 1.96. The standard InChI is InChI=1S/C22H23NO3S/c1-15(2)17-4-8-20(9-5-17)26-13-16-12-21(27-14-16)22(24)23-18-6-10-19(25-3)11-7-18/h4-12,14-15H,13H2,1-3H3,(H,23,24). The van der Waals surface area contributed by atoms with E-state index in [2.05, 4.69) is 31.3 Å². The third-order valence-electron chi connectivity index (χ3n) is 4.18. The minimum atomic E-state index is -0.127. The Morgan fingerprint density at radius 1 is 1.04 bits per heavy atom. The van der Waals surface area contributed by atoms with Gasteiger partial charge in [-0.2, -0.15) is 0 Å². The zero-order valence-corrected chi connectivity index (χ0v) is 16.5. The predicted octanol–water partition coefficient (Wildman–Crippen LogP) is 5.71. The Kier molecular flexibility index (Phi) is 6.14. The SMILES string of the molecule is COc1ccc(NC(=O)c2cc(COc3ccc(C(C)C)cc3)cs2)cc1. The molecule has 27 heavy (non-hydrogen) atoms. The second kappa shape index (κ2) is 8.73. The Balaban J connectivity index is 1.56. The summed E-state index contributed by atoms with van der Waals surface area (Å²) in [5.41, 5.74) is 3.00. The van der Waals surface area contributed by atoms with Crippen molar-refractivity contribution in [2.24, 2.45) is 0 Å². The average molecular weight is 381 g/mol. The first-order valence-electron chi connectivity index (χ1n) is 8.80. The summed E-state index contributed by atoms with van der Waals surface area (Å²) in [5, 5.41) is 4.84. The third kappa shape index (κ3) is 5.11. The molecule has 3 aromatic rings. The first kappa shape index (κ1) is 19.0. The number of hydrogen-bond donors (Lipinski definition) is 1. The number of nitrogens with one attached hydrogen (secondary N) is 1. The van der Waals surface area contributed by atoms with Gasteiger partial charge in [0.1, 0.15) is 18.1 Å². The van der Waals surface area contributed by atoms with Crippen molar-refractivity contribution >= 4 is 22.9 Å². The summed E-state index contributed by atoms with van der Waals surface area (Å²) in [6, 6.07) is 17.3. The highest BCUT2D eigenvalue weighted by Crippen LogP contribution is 2.22. The normalized spacial score (nSPS) is 10.7. The molecule has 1 heterocycles. The number of anilines is 1. The van der Waals surface area contributed by atoms with Gasteiger partial charge in [-0.25, -0.2) is 0 Å². The molecule has 5 heteroatoms. The van der Waals surface area contributed by atoms with Crippen molar-refractivity contribution in [3.05, 3.63) is 76.0 Å². The molecule has 0 spiro atoms. The number of benzene rings is 2. The predicted molar refractivity (Wildman–Crippen MR) is 110 cm³/mol. The van der Waals surface area contributed by atoms with Gasteiger partial charge >= 0.3 is 0 Å². The fourth-order valence-electron chi connectivity index (χ4n) is 2.55. The molecular formula is C22H23NO3S. The summed E-state index contributed by atoms with van der Waals surface area (Å²) in [7, 11) is 1.61. The molecule has 0 unspecified atom stereocenters. The van der Waals surface area contributed by atoms with Crippen molar-refractivity contribution < 1.29 is 14.3 Å². The molecule has 1 amide bonds. The van der Waals surface area contributed by atoms with Crippen molar-refractivity contribution in [1.29, 1.82) is 0 Å². The van der Waals surface area contributed by atoms with Gasteiger partial charge in [-0.1, -0.05) is 26.0 Å². The van der Waals surface area contributed by atoms with Gasteiger partial charge in [0, 0.05) is 11.3 Å². The van der Waals surface area contributed by atoms with Gasteiger partial charge in [0.15, 0.2) is 0 Å². The maximum Gasteiger partial charge on any atom is 0.265 e. The summed E-state index contributed by atoms with van der Waals surface area (Å²) in [4.78, 5) is 13.0. The van der Waals surface area contributed by atoms with E-state index in [1.807, 2.05) is 47.8 Å². The van der Waals surface area contributed by atoms with Gasteiger partial charge in [-0.05, 0) is 59.3 Å². The fraction of sp³-hybridized carbons (Fsp3) is 0.227. The minimum Gasteiger partial charge on any atom is -0.497 e.